The van der Waals surface area contributed by atoms with Crippen LogP contribution in [0.25, 0.3) is 10.9 Å². The van der Waals surface area contributed by atoms with Crippen LogP contribution in [-0.4, -0.2) is 9.97 Å². The Morgan fingerprint density at radius 3 is 2.95 bits per heavy atom. The average molecular weight is 430 g/mol. The summed E-state index contributed by atoms with van der Waals surface area (Å²) < 4.78 is 14.3. The number of rotatable bonds is 3. The predicted octanol–water partition coefficient (Wildman–Crippen LogP) is 3.93. The number of H-pyrrole nitrogens is 1. The lowest BCUT2D eigenvalue weighted by Gasteiger charge is -2.08. The van der Waals surface area contributed by atoms with Crippen molar-refractivity contribution >= 4 is 50.9 Å². The summed E-state index contributed by atoms with van der Waals surface area (Å²) in [5.41, 5.74) is 0.958. The number of anilines is 1. The van der Waals surface area contributed by atoms with Crippen molar-refractivity contribution in [1.82, 2.24) is 9.97 Å². The molecule has 7 heteroatoms. The number of hydrogen-bond donors (Lipinski definition) is 2. The zero-order valence-electron chi connectivity index (χ0n) is 11.2. The van der Waals surface area contributed by atoms with Crippen molar-refractivity contribution in [2.24, 2.45) is 0 Å². The number of aromatic amines is 1. The second-order valence-corrected chi connectivity index (χ2v) is 6.26. The van der Waals surface area contributed by atoms with E-state index < -0.39 is 5.82 Å². The van der Waals surface area contributed by atoms with Crippen LogP contribution in [0.15, 0.2) is 41.3 Å². The molecule has 3 aromatic rings. The van der Waals surface area contributed by atoms with Crippen LogP contribution < -0.4 is 10.9 Å². The molecule has 4 nitrogen and oxygen atoms in total. The summed E-state index contributed by atoms with van der Waals surface area (Å²) in [6, 6.07) is 8.53. The Balaban J connectivity index is 1.92. The van der Waals surface area contributed by atoms with E-state index in [0.717, 1.165) is 5.39 Å². The van der Waals surface area contributed by atoms with Crippen LogP contribution in [-0.2, 0) is 6.54 Å². The summed E-state index contributed by atoms with van der Waals surface area (Å²) in [7, 11) is 0. The first-order valence-electron chi connectivity index (χ1n) is 6.40. The number of nitrogens with zero attached hydrogens (tertiary/aromatic N) is 1. The first-order valence-corrected chi connectivity index (χ1v) is 7.85. The molecule has 1 aromatic carbocycles. The lowest BCUT2D eigenvalue weighted by atomic mass is 10.1. The van der Waals surface area contributed by atoms with Crippen LogP contribution in [0.2, 0.25) is 5.02 Å². The molecule has 0 bridgehead atoms. The summed E-state index contributed by atoms with van der Waals surface area (Å²) >= 11 is 7.84. The smallest absolute Gasteiger partial charge is 0.253 e. The van der Waals surface area contributed by atoms with E-state index in [0.29, 0.717) is 19.7 Å². The standard InChI is InChI=1S/C15H10ClFIN3O/c16-10-1-2-12-8(6-10)5-9(15(22)21-12)7-20-14-13(17)11(18)3-4-19-14/h1-6H,7H2,(H,19,20)(H,21,22). The molecule has 22 heavy (non-hydrogen) atoms. The van der Waals surface area contributed by atoms with Crippen LogP contribution >= 0.6 is 34.2 Å². The molecule has 0 fully saturated rings. The van der Waals surface area contributed by atoms with Crippen LogP contribution in [0, 0.1) is 9.39 Å². The minimum atomic E-state index is -0.427. The molecule has 0 aliphatic carbocycles. The monoisotopic (exact) mass is 429 g/mol. The highest BCUT2D eigenvalue weighted by atomic mass is 127. The van der Waals surface area contributed by atoms with Gasteiger partial charge in [0.15, 0.2) is 11.6 Å². The summed E-state index contributed by atoms with van der Waals surface area (Å²) in [6.07, 6.45) is 1.51. The molecule has 0 aliphatic heterocycles. The molecule has 0 spiro atoms. The van der Waals surface area contributed by atoms with Gasteiger partial charge in [-0.15, -0.1) is 0 Å². The van der Waals surface area contributed by atoms with Gasteiger partial charge in [-0.2, -0.15) is 0 Å². The Labute approximate surface area is 143 Å². The number of benzene rings is 1. The number of nitrogens with one attached hydrogen (secondary N) is 2. The van der Waals surface area contributed by atoms with Crippen molar-refractivity contribution in [2.75, 3.05) is 5.32 Å². The highest BCUT2D eigenvalue weighted by molar-refractivity contribution is 14.1. The fourth-order valence-electron chi connectivity index (χ4n) is 2.08. The van der Waals surface area contributed by atoms with Crippen LogP contribution in [0.5, 0.6) is 0 Å². The lowest BCUT2D eigenvalue weighted by molar-refractivity contribution is 0.616. The second kappa shape index (κ2) is 6.21. The largest absolute Gasteiger partial charge is 0.363 e. The van der Waals surface area contributed by atoms with Crippen molar-refractivity contribution in [1.29, 1.82) is 0 Å². The molecule has 0 saturated heterocycles. The van der Waals surface area contributed by atoms with E-state index in [1.165, 1.54) is 6.20 Å². The van der Waals surface area contributed by atoms with Crippen LogP contribution in [0.3, 0.4) is 0 Å². The fraction of sp³-hybridized carbons (Fsp3) is 0.0667. The lowest BCUT2D eigenvalue weighted by Crippen LogP contribution is -2.16. The number of halogens is 3. The predicted molar refractivity (Wildman–Crippen MR) is 93.8 cm³/mol. The van der Waals surface area contributed by atoms with E-state index in [4.69, 9.17) is 11.6 Å². The summed E-state index contributed by atoms with van der Waals surface area (Å²) in [5, 5.41) is 4.25. The van der Waals surface area contributed by atoms with Crippen molar-refractivity contribution in [3.63, 3.8) is 0 Å². The molecule has 0 atom stereocenters. The average Bonchev–Trinajstić information content (AvgIpc) is 2.49. The third kappa shape index (κ3) is 3.07. The van der Waals surface area contributed by atoms with E-state index in [1.54, 1.807) is 30.3 Å². The van der Waals surface area contributed by atoms with Gasteiger partial charge in [0.05, 0.1) is 3.57 Å². The molecular weight excluding hydrogens is 420 g/mol. The normalized spacial score (nSPS) is 10.9. The maximum atomic E-state index is 13.9. The highest BCUT2D eigenvalue weighted by Gasteiger charge is 2.09. The van der Waals surface area contributed by atoms with Gasteiger partial charge in [0, 0.05) is 34.2 Å². The van der Waals surface area contributed by atoms with Gasteiger partial charge < -0.3 is 10.3 Å². The molecule has 2 heterocycles. The molecular formula is C15H10ClFIN3O. The van der Waals surface area contributed by atoms with Crippen molar-refractivity contribution < 1.29 is 4.39 Å². The van der Waals surface area contributed by atoms with E-state index in [1.807, 2.05) is 22.6 Å². The molecule has 0 unspecified atom stereocenters. The number of pyridine rings is 2. The van der Waals surface area contributed by atoms with Crippen LogP contribution in [0.4, 0.5) is 10.2 Å². The molecule has 0 amide bonds. The molecule has 112 valence electrons. The van der Waals surface area contributed by atoms with Gasteiger partial charge in [0.2, 0.25) is 0 Å². The van der Waals surface area contributed by atoms with Crippen molar-refractivity contribution in [2.45, 2.75) is 6.54 Å². The van der Waals surface area contributed by atoms with E-state index >= 15 is 0 Å². The first kappa shape index (κ1) is 15.2. The number of hydrogen-bond acceptors (Lipinski definition) is 3. The molecule has 3 rings (SSSR count). The molecule has 2 N–H and O–H groups in total. The Kier molecular flexibility index (Phi) is 4.30. The zero-order chi connectivity index (χ0) is 15.7. The Morgan fingerprint density at radius 2 is 2.14 bits per heavy atom. The van der Waals surface area contributed by atoms with E-state index in [9.17, 15) is 9.18 Å². The highest BCUT2D eigenvalue weighted by Crippen LogP contribution is 2.19. The van der Waals surface area contributed by atoms with Gasteiger partial charge in [-0.05, 0) is 52.9 Å². The third-order valence-corrected chi connectivity index (χ3v) is 4.24. The van der Waals surface area contributed by atoms with Crippen molar-refractivity contribution in [3.8, 4) is 0 Å². The SMILES string of the molecule is O=c1[nH]c2ccc(Cl)cc2cc1CNc1nccc(I)c1F. The Morgan fingerprint density at radius 1 is 1.32 bits per heavy atom. The summed E-state index contributed by atoms with van der Waals surface area (Å²) in [4.78, 5) is 18.8. The van der Waals surface area contributed by atoms with E-state index in [2.05, 4.69) is 15.3 Å². The second-order valence-electron chi connectivity index (χ2n) is 4.66. The summed E-state index contributed by atoms with van der Waals surface area (Å²) in [6.45, 7) is 0.168. The Hall–Kier alpha value is -1.67. The van der Waals surface area contributed by atoms with Gasteiger partial charge >= 0.3 is 0 Å². The zero-order valence-corrected chi connectivity index (χ0v) is 14.1. The fourth-order valence-corrected chi connectivity index (χ4v) is 2.67. The minimum Gasteiger partial charge on any atom is -0.363 e. The number of aromatic nitrogens is 2. The van der Waals surface area contributed by atoms with Gasteiger partial charge in [-0.3, -0.25) is 4.79 Å². The van der Waals surface area contributed by atoms with Gasteiger partial charge in [-0.1, -0.05) is 11.6 Å². The molecule has 2 aromatic heterocycles. The molecule has 0 saturated carbocycles. The van der Waals surface area contributed by atoms with Crippen LogP contribution in [0.1, 0.15) is 5.56 Å². The minimum absolute atomic E-state index is 0.123. The topological polar surface area (TPSA) is 57.8 Å². The maximum Gasteiger partial charge on any atom is 0.253 e. The molecule has 0 aliphatic rings. The number of fused-ring (bicyclic) bond motifs is 1. The van der Waals surface area contributed by atoms with Gasteiger partial charge in [0.25, 0.3) is 5.56 Å². The van der Waals surface area contributed by atoms with E-state index in [-0.39, 0.29) is 17.9 Å². The third-order valence-electron chi connectivity index (χ3n) is 3.17. The van der Waals surface area contributed by atoms with Gasteiger partial charge in [-0.25, -0.2) is 9.37 Å². The van der Waals surface area contributed by atoms with Gasteiger partial charge in [0.1, 0.15) is 0 Å². The van der Waals surface area contributed by atoms with Crippen molar-refractivity contribution in [3.05, 3.63) is 66.9 Å². The summed E-state index contributed by atoms with van der Waals surface area (Å²) in [5.74, 6) is -0.305. The maximum absolute atomic E-state index is 13.9. The first-order chi connectivity index (χ1) is 10.5. The molecule has 0 radical (unpaired) electrons. The quantitative estimate of drug-likeness (QED) is 0.620. The Bertz CT molecular complexity index is 913.